The van der Waals surface area contributed by atoms with Gasteiger partial charge in [0.2, 0.25) is 0 Å². The van der Waals surface area contributed by atoms with Crippen LogP contribution in [0.2, 0.25) is 5.02 Å². The van der Waals surface area contributed by atoms with E-state index in [9.17, 15) is 14.9 Å². The summed E-state index contributed by atoms with van der Waals surface area (Å²) in [7, 11) is 0. The van der Waals surface area contributed by atoms with Crippen LogP contribution in [0.5, 0.6) is 0 Å². The Bertz CT molecular complexity index is 1740. The van der Waals surface area contributed by atoms with Crippen LogP contribution in [0.3, 0.4) is 0 Å². The number of halogens is 2. The predicted molar refractivity (Wildman–Crippen MR) is 126 cm³/mol. The smallest absolute Gasteiger partial charge is 0.267 e. The molecule has 0 saturated carbocycles. The minimum absolute atomic E-state index is 0.0153. The average Bonchev–Trinajstić information content (AvgIpc) is 2.85. The van der Waals surface area contributed by atoms with Gasteiger partial charge in [-0.25, -0.2) is 18.9 Å². The largest absolute Gasteiger partial charge is 0.284 e. The molecule has 9 heteroatoms. The number of benzene rings is 2. The van der Waals surface area contributed by atoms with Crippen LogP contribution in [0.4, 0.5) is 4.39 Å². The Balaban J connectivity index is 1.79. The van der Waals surface area contributed by atoms with Crippen molar-refractivity contribution in [3.8, 4) is 29.0 Å². The van der Waals surface area contributed by atoms with Crippen molar-refractivity contribution in [1.29, 1.82) is 5.26 Å². The number of fused-ring (bicyclic) bond motifs is 1. The number of aromatic nitrogens is 4. The van der Waals surface area contributed by atoms with Crippen molar-refractivity contribution in [1.82, 2.24) is 19.1 Å². The van der Waals surface area contributed by atoms with Crippen LogP contribution in [0.25, 0.3) is 33.8 Å². The summed E-state index contributed by atoms with van der Waals surface area (Å²) in [6.45, 7) is 0. The van der Waals surface area contributed by atoms with Crippen LogP contribution in [0, 0.1) is 17.1 Å². The second-order valence-electron chi connectivity index (χ2n) is 7.33. The van der Waals surface area contributed by atoms with Crippen molar-refractivity contribution >= 4 is 22.5 Å². The molecule has 0 bridgehead atoms. The summed E-state index contributed by atoms with van der Waals surface area (Å²) < 4.78 is 17.9. The monoisotopic (exact) mass is 469 g/mol. The highest BCUT2D eigenvalue weighted by Crippen LogP contribution is 2.26. The molecule has 164 valence electrons. The number of nitrogens with zero attached hydrogens (tertiary/aromatic N) is 5. The van der Waals surface area contributed by atoms with Gasteiger partial charge in [0.25, 0.3) is 11.1 Å². The number of pyridine rings is 2. The van der Waals surface area contributed by atoms with E-state index >= 15 is 4.39 Å². The molecule has 5 aromatic rings. The first-order valence-corrected chi connectivity index (χ1v) is 10.4. The summed E-state index contributed by atoms with van der Waals surface area (Å²) in [4.78, 5) is 34.4. The number of nitriles is 1. The van der Waals surface area contributed by atoms with Gasteiger partial charge < -0.3 is 0 Å². The summed E-state index contributed by atoms with van der Waals surface area (Å²) in [5, 5.41) is 9.78. The van der Waals surface area contributed by atoms with E-state index in [2.05, 4.69) is 9.97 Å². The lowest BCUT2D eigenvalue weighted by atomic mass is 10.1. The Morgan fingerprint density at radius 3 is 2.56 bits per heavy atom. The van der Waals surface area contributed by atoms with E-state index in [4.69, 9.17) is 11.6 Å². The zero-order valence-electron chi connectivity index (χ0n) is 17.3. The lowest BCUT2D eigenvalue weighted by molar-refractivity contribution is 0.627. The van der Waals surface area contributed by atoms with E-state index in [0.29, 0.717) is 21.8 Å². The van der Waals surface area contributed by atoms with Gasteiger partial charge in [-0.3, -0.25) is 14.2 Å². The van der Waals surface area contributed by atoms with Crippen molar-refractivity contribution in [3.63, 3.8) is 0 Å². The maximum atomic E-state index is 15.4. The molecule has 3 heterocycles. The molecule has 0 spiro atoms. The maximum Gasteiger partial charge on any atom is 0.267 e. The zero-order valence-corrected chi connectivity index (χ0v) is 18.1. The zero-order chi connectivity index (χ0) is 23.8. The summed E-state index contributed by atoms with van der Waals surface area (Å²) >= 11 is 5.95. The minimum atomic E-state index is -0.684. The van der Waals surface area contributed by atoms with Gasteiger partial charge in [-0.15, -0.1) is 0 Å². The molecule has 0 radical (unpaired) electrons. The molecule has 0 fully saturated rings. The van der Waals surface area contributed by atoms with Crippen molar-refractivity contribution in [3.05, 3.63) is 116 Å². The molecule has 5 rings (SSSR count). The first-order chi connectivity index (χ1) is 16.5. The standard InChI is InChI=1S/C25H13ClFN5O2/c26-16-5-9-22(29-14-16)32-24(30-21-8-4-15(13-28)11-19(21)25(32)34)18-7-6-17(12-20(18)27)31-10-2-1-3-23(31)33/h1-12,14H. The lowest BCUT2D eigenvalue weighted by Gasteiger charge is -2.15. The van der Waals surface area contributed by atoms with Crippen molar-refractivity contribution in [2.45, 2.75) is 0 Å². The average molecular weight is 470 g/mol. The van der Waals surface area contributed by atoms with Crippen molar-refractivity contribution in [2.24, 2.45) is 0 Å². The molecule has 0 atom stereocenters. The molecule has 34 heavy (non-hydrogen) atoms. The first kappa shape index (κ1) is 21.2. The molecule has 3 aromatic heterocycles. The Kier molecular flexibility index (Phi) is 5.24. The van der Waals surface area contributed by atoms with E-state index < -0.39 is 11.4 Å². The van der Waals surface area contributed by atoms with Gasteiger partial charge in [0.15, 0.2) is 5.82 Å². The second kappa shape index (κ2) is 8.39. The molecular weight excluding hydrogens is 457 g/mol. The van der Waals surface area contributed by atoms with Gasteiger partial charge in [-0.2, -0.15) is 5.26 Å². The molecule has 0 aliphatic heterocycles. The van der Waals surface area contributed by atoms with Crippen LogP contribution in [0.1, 0.15) is 5.56 Å². The van der Waals surface area contributed by atoms with E-state index in [-0.39, 0.29) is 28.2 Å². The van der Waals surface area contributed by atoms with E-state index in [0.717, 1.165) is 0 Å². The molecule has 0 N–H and O–H groups in total. The lowest BCUT2D eigenvalue weighted by Crippen LogP contribution is -2.23. The van der Waals surface area contributed by atoms with Crippen molar-refractivity contribution < 1.29 is 4.39 Å². The van der Waals surface area contributed by atoms with E-state index in [1.54, 1.807) is 24.3 Å². The third-order valence-corrected chi connectivity index (χ3v) is 5.46. The fourth-order valence-corrected chi connectivity index (χ4v) is 3.74. The Hall–Kier alpha value is -4.61. The molecule has 7 nitrogen and oxygen atoms in total. The molecule has 0 unspecified atom stereocenters. The van der Waals surface area contributed by atoms with Gasteiger partial charge in [0.05, 0.1) is 38.8 Å². The highest BCUT2D eigenvalue weighted by molar-refractivity contribution is 6.30. The van der Waals surface area contributed by atoms with Gasteiger partial charge in [-0.1, -0.05) is 17.7 Å². The molecule has 2 aromatic carbocycles. The van der Waals surface area contributed by atoms with Gasteiger partial charge >= 0.3 is 0 Å². The third-order valence-electron chi connectivity index (χ3n) is 5.23. The quantitative estimate of drug-likeness (QED) is 0.393. The predicted octanol–water partition coefficient (Wildman–Crippen LogP) is 4.26. The van der Waals surface area contributed by atoms with Crippen LogP contribution in [-0.4, -0.2) is 19.1 Å². The molecule has 0 aliphatic carbocycles. The fourth-order valence-electron chi connectivity index (χ4n) is 3.62. The normalized spacial score (nSPS) is 10.9. The fraction of sp³-hybridized carbons (Fsp3) is 0. The summed E-state index contributed by atoms with van der Waals surface area (Å²) in [5.74, 6) is -0.485. The topological polar surface area (TPSA) is 93.6 Å². The number of hydrogen-bond donors (Lipinski definition) is 0. The van der Waals surface area contributed by atoms with Gasteiger partial charge in [0, 0.05) is 18.5 Å². The third kappa shape index (κ3) is 3.64. The maximum absolute atomic E-state index is 15.4. The van der Waals surface area contributed by atoms with Crippen LogP contribution >= 0.6 is 11.6 Å². The summed E-state index contributed by atoms with van der Waals surface area (Å²) in [6.07, 6.45) is 2.90. The minimum Gasteiger partial charge on any atom is -0.284 e. The van der Waals surface area contributed by atoms with E-state index in [1.165, 1.54) is 64.0 Å². The SMILES string of the molecule is N#Cc1ccc2nc(-c3ccc(-n4ccccc4=O)cc3F)n(-c3ccc(Cl)cn3)c(=O)c2c1. The molecule has 0 amide bonds. The molecular formula is C25H13ClFN5O2. The Labute approximate surface area is 196 Å². The second-order valence-corrected chi connectivity index (χ2v) is 7.76. The number of hydrogen-bond acceptors (Lipinski definition) is 5. The summed E-state index contributed by atoms with van der Waals surface area (Å²) in [5.41, 5.74) is 0.118. The molecule has 0 saturated heterocycles. The number of rotatable bonds is 3. The molecule has 0 aliphatic rings. The highest BCUT2D eigenvalue weighted by Gasteiger charge is 2.19. The van der Waals surface area contributed by atoms with Gasteiger partial charge in [-0.05, 0) is 54.6 Å². The van der Waals surface area contributed by atoms with Crippen LogP contribution < -0.4 is 11.1 Å². The summed E-state index contributed by atoms with van der Waals surface area (Å²) in [6, 6.07) is 18.4. The van der Waals surface area contributed by atoms with Crippen molar-refractivity contribution in [2.75, 3.05) is 0 Å². The first-order valence-electron chi connectivity index (χ1n) is 10.0. The Morgan fingerprint density at radius 2 is 1.85 bits per heavy atom. The van der Waals surface area contributed by atoms with Gasteiger partial charge in [0.1, 0.15) is 11.6 Å². The Morgan fingerprint density at radius 1 is 1.00 bits per heavy atom. The van der Waals surface area contributed by atoms with Crippen LogP contribution in [0.15, 0.2) is 88.7 Å². The van der Waals surface area contributed by atoms with E-state index in [1.807, 2.05) is 6.07 Å². The highest BCUT2D eigenvalue weighted by atomic mass is 35.5. The van der Waals surface area contributed by atoms with Crippen LogP contribution in [-0.2, 0) is 0 Å².